The first kappa shape index (κ1) is 39.2. The van der Waals surface area contributed by atoms with Gasteiger partial charge in [-0.05, 0) is 74.7 Å². The van der Waals surface area contributed by atoms with Crippen molar-refractivity contribution < 1.29 is 0 Å². The van der Waals surface area contributed by atoms with Gasteiger partial charge in [-0.2, -0.15) is 0 Å². The van der Waals surface area contributed by atoms with Crippen molar-refractivity contribution in [2.45, 2.75) is 292 Å². The van der Waals surface area contributed by atoms with Crippen LogP contribution in [-0.2, 0) is 0 Å². The third-order valence-corrected chi connectivity index (χ3v) is 16.9. The average molecular weight is 703 g/mol. The van der Waals surface area contributed by atoms with Crippen LogP contribution in [0.15, 0.2) is 0 Å². The van der Waals surface area contributed by atoms with Gasteiger partial charge in [0.15, 0.2) is 6.71 Å². The van der Waals surface area contributed by atoms with Gasteiger partial charge in [-0.3, -0.25) is 9.80 Å². The van der Waals surface area contributed by atoms with E-state index in [2.05, 4.69) is 9.80 Å². The van der Waals surface area contributed by atoms with Crippen molar-refractivity contribution in [1.29, 1.82) is 0 Å². The first-order valence-electron chi connectivity index (χ1n) is 24.9. The minimum atomic E-state index is 0.874. The predicted octanol–water partition coefficient (Wildman–Crippen LogP) is 14.6. The zero-order valence-electron chi connectivity index (χ0n) is 34.2. The first-order chi connectivity index (χ1) is 25.4. The molecule has 0 amide bonds. The second-order valence-electron chi connectivity index (χ2n) is 20.2. The zero-order chi connectivity index (χ0) is 34.5. The Balaban J connectivity index is 1.32. The second-order valence-corrected chi connectivity index (χ2v) is 20.2. The van der Waals surface area contributed by atoms with E-state index in [4.69, 9.17) is 0 Å². The molecule has 7 unspecified atom stereocenters. The molecule has 0 radical (unpaired) electrons. The van der Waals surface area contributed by atoms with Crippen LogP contribution in [0, 0.1) is 5.92 Å². The molecule has 3 heteroatoms. The summed E-state index contributed by atoms with van der Waals surface area (Å²) in [7, 11) is 0. The average Bonchev–Trinajstić information content (AvgIpc) is 3.50. The van der Waals surface area contributed by atoms with Gasteiger partial charge in [0.1, 0.15) is 0 Å². The SMILES string of the molecule is C1CCCCCC2C3B(C4CCCCCCCCC4N2CC2CCCCCC2)C2CCCCCC2N(C2CCCCCCCC2)C3CCCCC1. The van der Waals surface area contributed by atoms with E-state index in [9.17, 15) is 0 Å². The smallest absolute Gasteiger partial charge is 0.156 e. The fourth-order valence-electron chi connectivity index (χ4n) is 14.6. The molecule has 0 bridgehead atoms. The second kappa shape index (κ2) is 21.3. The van der Waals surface area contributed by atoms with Crippen LogP contribution in [0.25, 0.3) is 0 Å². The summed E-state index contributed by atoms with van der Waals surface area (Å²) in [5.41, 5.74) is 0. The van der Waals surface area contributed by atoms with Crippen molar-refractivity contribution in [1.82, 2.24) is 9.80 Å². The van der Waals surface area contributed by atoms with Crippen LogP contribution in [0.3, 0.4) is 0 Å². The normalized spacial score (nSPS) is 37.9. The largest absolute Gasteiger partial charge is 0.298 e. The summed E-state index contributed by atoms with van der Waals surface area (Å²) >= 11 is 0. The van der Waals surface area contributed by atoms with E-state index in [-0.39, 0.29) is 0 Å². The minimum absolute atomic E-state index is 0.874. The van der Waals surface area contributed by atoms with Crippen molar-refractivity contribution >= 4 is 6.71 Å². The zero-order valence-corrected chi connectivity index (χ0v) is 34.2. The summed E-state index contributed by atoms with van der Waals surface area (Å²) in [6.45, 7) is 2.51. The van der Waals surface area contributed by atoms with Gasteiger partial charge in [0.25, 0.3) is 0 Å². The van der Waals surface area contributed by atoms with Crippen LogP contribution in [0.5, 0.6) is 0 Å². The Bertz CT molecular complexity index is 936. The summed E-state index contributed by atoms with van der Waals surface area (Å²) in [6.07, 6.45) is 58.0. The lowest BCUT2D eigenvalue weighted by atomic mass is 9.20. The fourth-order valence-corrected chi connectivity index (χ4v) is 14.6. The summed E-state index contributed by atoms with van der Waals surface area (Å²) in [5, 5.41) is 0. The Morgan fingerprint density at radius 2 is 0.667 bits per heavy atom. The van der Waals surface area contributed by atoms with Crippen molar-refractivity contribution in [3.8, 4) is 0 Å². The minimum Gasteiger partial charge on any atom is -0.298 e. The maximum Gasteiger partial charge on any atom is 0.156 e. The lowest BCUT2D eigenvalue weighted by molar-refractivity contribution is -0.0151. The molecular weight excluding hydrogens is 615 g/mol. The highest BCUT2D eigenvalue weighted by molar-refractivity contribution is 6.65. The molecule has 0 aromatic rings. The van der Waals surface area contributed by atoms with Crippen molar-refractivity contribution in [3.05, 3.63) is 0 Å². The van der Waals surface area contributed by atoms with Gasteiger partial charge in [-0.15, -0.1) is 0 Å². The molecule has 0 N–H and O–H groups in total. The van der Waals surface area contributed by atoms with Crippen LogP contribution in [0.1, 0.15) is 244 Å². The highest BCUT2D eigenvalue weighted by Crippen LogP contribution is 2.59. The van der Waals surface area contributed by atoms with Gasteiger partial charge in [0, 0.05) is 36.8 Å². The van der Waals surface area contributed by atoms with Crippen LogP contribution in [0.2, 0.25) is 17.5 Å². The van der Waals surface area contributed by atoms with Crippen molar-refractivity contribution in [2.24, 2.45) is 5.92 Å². The van der Waals surface area contributed by atoms with Crippen LogP contribution in [0.4, 0.5) is 0 Å². The molecular formula is C48H87BN2. The quantitative estimate of drug-likeness (QED) is 0.213. The van der Waals surface area contributed by atoms with Gasteiger partial charge in [-0.25, -0.2) is 0 Å². The molecule has 7 rings (SSSR count). The van der Waals surface area contributed by atoms with Gasteiger partial charge in [0.2, 0.25) is 0 Å². The highest BCUT2D eigenvalue weighted by Gasteiger charge is 2.61. The number of fused-ring (bicyclic) bond motifs is 4. The summed E-state index contributed by atoms with van der Waals surface area (Å²) < 4.78 is 0. The molecule has 0 aromatic heterocycles. The summed E-state index contributed by atoms with van der Waals surface area (Å²) in [6, 6.07) is 4.45. The monoisotopic (exact) mass is 703 g/mol. The van der Waals surface area contributed by atoms with Crippen LogP contribution >= 0.6 is 0 Å². The molecule has 5 aliphatic carbocycles. The topological polar surface area (TPSA) is 6.48 Å². The van der Waals surface area contributed by atoms with E-state index in [1.54, 1.807) is 51.4 Å². The van der Waals surface area contributed by atoms with Gasteiger partial charge in [-0.1, -0.05) is 193 Å². The molecule has 2 aliphatic heterocycles. The van der Waals surface area contributed by atoms with Gasteiger partial charge in [0.05, 0.1) is 0 Å². The van der Waals surface area contributed by atoms with Crippen LogP contribution < -0.4 is 0 Å². The van der Waals surface area contributed by atoms with E-state index in [0.29, 0.717) is 0 Å². The highest BCUT2D eigenvalue weighted by atomic mass is 15.3. The summed E-state index contributed by atoms with van der Waals surface area (Å²) in [4.78, 5) is 6.96. The van der Waals surface area contributed by atoms with Crippen LogP contribution in [-0.4, -0.2) is 53.3 Å². The Kier molecular flexibility index (Phi) is 16.4. The molecule has 7 atom stereocenters. The molecule has 0 aromatic carbocycles. The molecule has 292 valence electrons. The molecule has 2 saturated heterocycles. The maximum absolute atomic E-state index is 3.51. The number of hydrogen-bond donors (Lipinski definition) is 0. The van der Waals surface area contributed by atoms with E-state index in [0.717, 1.165) is 60.3 Å². The molecule has 2 nitrogen and oxygen atoms in total. The van der Waals surface area contributed by atoms with E-state index >= 15 is 0 Å². The van der Waals surface area contributed by atoms with Gasteiger partial charge >= 0.3 is 0 Å². The molecule has 2 heterocycles. The Morgan fingerprint density at radius 1 is 0.314 bits per heavy atom. The first-order valence-corrected chi connectivity index (χ1v) is 24.9. The van der Waals surface area contributed by atoms with E-state index < -0.39 is 0 Å². The molecule has 7 aliphatic rings. The maximum atomic E-state index is 3.51. The summed E-state index contributed by atoms with van der Waals surface area (Å²) in [5.74, 6) is 3.92. The number of nitrogens with zero attached hydrogens (tertiary/aromatic N) is 2. The molecule has 5 saturated carbocycles. The molecule has 0 spiro atoms. The fraction of sp³-hybridized carbons (Fsp3) is 1.00. The van der Waals surface area contributed by atoms with E-state index in [1.165, 1.54) is 199 Å². The van der Waals surface area contributed by atoms with Crippen molar-refractivity contribution in [2.75, 3.05) is 6.54 Å². The lowest BCUT2D eigenvalue weighted by Crippen LogP contribution is -2.71. The third kappa shape index (κ3) is 10.4. The Hall–Kier alpha value is -0.0151. The number of rotatable bonds is 3. The standard InChI is InChI=1S/C48H87BN2/c1-2-4-14-26-37-46-48-47(38-27-15-5-3-1)51(41-31-21-10-6-7-11-22-32-41)45-36-28-18-24-34-43(45)49(48)42-33-23-12-8-9-13-25-35-44(42)50(46)39-40-29-19-16-17-20-30-40/h40-48H,1-39H2. The Morgan fingerprint density at radius 3 is 1.20 bits per heavy atom. The predicted molar refractivity (Wildman–Crippen MR) is 223 cm³/mol. The molecule has 7 fully saturated rings. The van der Waals surface area contributed by atoms with E-state index in [1.807, 2.05) is 0 Å². The van der Waals surface area contributed by atoms with Gasteiger partial charge < -0.3 is 0 Å². The Labute approximate surface area is 319 Å². The lowest BCUT2D eigenvalue weighted by Gasteiger charge is -2.65. The third-order valence-electron chi connectivity index (χ3n) is 16.9. The number of hydrogen-bond acceptors (Lipinski definition) is 2. The molecule has 51 heavy (non-hydrogen) atoms. The van der Waals surface area contributed by atoms with Crippen molar-refractivity contribution in [3.63, 3.8) is 0 Å².